The van der Waals surface area contributed by atoms with Gasteiger partial charge in [-0.2, -0.15) is 8.42 Å². The molecule has 12 nitrogen and oxygen atoms in total. The van der Waals surface area contributed by atoms with Crippen LogP contribution in [0.25, 0.3) is 0 Å². The number of imide groups is 2. The van der Waals surface area contributed by atoms with Crippen LogP contribution in [0.5, 0.6) is 5.75 Å². The summed E-state index contributed by atoms with van der Waals surface area (Å²) in [6.07, 6.45) is 0.102. The zero-order chi connectivity index (χ0) is 28.0. The van der Waals surface area contributed by atoms with Gasteiger partial charge in [0.05, 0.1) is 49.1 Å². The van der Waals surface area contributed by atoms with E-state index in [1.54, 1.807) is 24.3 Å². The number of hydrogen-bond acceptors (Lipinski definition) is 10. The first kappa shape index (κ1) is 28.4. The zero-order valence-corrected chi connectivity index (χ0v) is 22.0. The van der Waals surface area contributed by atoms with E-state index in [9.17, 15) is 27.6 Å². The van der Waals surface area contributed by atoms with E-state index in [-0.39, 0.29) is 74.3 Å². The Balaban J connectivity index is 1.16. The van der Waals surface area contributed by atoms with Gasteiger partial charge in [0.25, 0.3) is 21.9 Å². The normalized spacial score (nSPS) is 17.4. The lowest BCUT2D eigenvalue weighted by molar-refractivity contribution is -0.136. The number of hydrogen-bond donors (Lipinski definition) is 1. The van der Waals surface area contributed by atoms with Gasteiger partial charge in [-0.05, 0) is 37.6 Å². The van der Waals surface area contributed by atoms with Crippen molar-refractivity contribution in [2.75, 3.05) is 39.6 Å². The highest BCUT2D eigenvalue weighted by Crippen LogP contribution is 2.33. The quantitative estimate of drug-likeness (QED) is 0.215. The van der Waals surface area contributed by atoms with Crippen molar-refractivity contribution in [3.63, 3.8) is 0 Å². The van der Waals surface area contributed by atoms with Gasteiger partial charge in [0.15, 0.2) is 0 Å². The lowest BCUT2D eigenvalue weighted by Crippen LogP contribution is -2.54. The van der Waals surface area contributed by atoms with Crippen molar-refractivity contribution in [3.05, 3.63) is 59.2 Å². The van der Waals surface area contributed by atoms with E-state index in [0.29, 0.717) is 0 Å². The Hall–Kier alpha value is -3.65. The third-order valence-corrected chi connectivity index (χ3v) is 7.39. The fourth-order valence-electron chi connectivity index (χ4n) is 4.11. The van der Waals surface area contributed by atoms with Gasteiger partial charge in [0.1, 0.15) is 18.4 Å². The maximum Gasteiger partial charge on any atom is 0.297 e. The molecule has 2 heterocycles. The van der Waals surface area contributed by atoms with Crippen LogP contribution in [0.2, 0.25) is 0 Å². The summed E-state index contributed by atoms with van der Waals surface area (Å²) in [5, 5.41) is 2.16. The molecule has 39 heavy (non-hydrogen) atoms. The Bertz CT molecular complexity index is 1360. The van der Waals surface area contributed by atoms with E-state index in [2.05, 4.69) is 5.32 Å². The average Bonchev–Trinajstić information content (AvgIpc) is 3.15. The summed E-state index contributed by atoms with van der Waals surface area (Å²) in [5.74, 6) is -2.20. The number of benzene rings is 2. The summed E-state index contributed by atoms with van der Waals surface area (Å²) in [6, 6.07) is 9.88. The van der Waals surface area contributed by atoms with Crippen LogP contribution >= 0.6 is 0 Å². The highest BCUT2D eigenvalue weighted by Gasteiger charge is 2.45. The van der Waals surface area contributed by atoms with Crippen molar-refractivity contribution in [2.45, 2.75) is 30.7 Å². The molecule has 2 aromatic rings. The average molecular weight is 561 g/mol. The first-order chi connectivity index (χ1) is 18.7. The Kier molecular flexibility index (Phi) is 9.07. The smallest absolute Gasteiger partial charge is 0.297 e. The van der Waals surface area contributed by atoms with Crippen molar-refractivity contribution < 1.29 is 46.0 Å². The van der Waals surface area contributed by atoms with Crippen LogP contribution in [0.1, 0.15) is 39.1 Å². The van der Waals surface area contributed by atoms with Crippen LogP contribution in [-0.2, 0) is 33.4 Å². The molecule has 1 saturated heterocycles. The highest BCUT2D eigenvalue weighted by atomic mass is 32.2. The summed E-state index contributed by atoms with van der Waals surface area (Å²) >= 11 is 0. The minimum Gasteiger partial charge on any atom is -0.490 e. The molecule has 2 aliphatic rings. The van der Waals surface area contributed by atoms with Crippen molar-refractivity contribution in [1.29, 1.82) is 0 Å². The summed E-state index contributed by atoms with van der Waals surface area (Å²) in [5.41, 5.74) is 1.13. The number of amides is 4. The topological polar surface area (TPSA) is 155 Å². The lowest BCUT2D eigenvalue weighted by Gasteiger charge is -2.27. The number of nitrogens with one attached hydrogen (secondary N) is 1. The second kappa shape index (κ2) is 12.5. The number of rotatable bonds is 13. The molecule has 2 aromatic carbocycles. The van der Waals surface area contributed by atoms with Crippen molar-refractivity contribution in [2.24, 2.45) is 0 Å². The first-order valence-corrected chi connectivity index (χ1v) is 13.7. The molecule has 208 valence electrons. The molecule has 1 fully saturated rings. The molecule has 0 spiro atoms. The molecule has 2 aliphatic heterocycles. The fraction of sp³-hybridized carbons (Fsp3) is 0.385. The van der Waals surface area contributed by atoms with E-state index in [1.165, 1.54) is 18.2 Å². The predicted molar refractivity (Wildman–Crippen MR) is 135 cm³/mol. The van der Waals surface area contributed by atoms with Crippen LogP contribution in [-0.4, -0.2) is 82.6 Å². The fourth-order valence-corrected chi connectivity index (χ4v) is 5.01. The van der Waals surface area contributed by atoms with E-state index >= 15 is 0 Å². The summed E-state index contributed by atoms with van der Waals surface area (Å²) in [4.78, 5) is 50.5. The van der Waals surface area contributed by atoms with Gasteiger partial charge in [-0.1, -0.05) is 23.8 Å². The Morgan fingerprint density at radius 1 is 0.872 bits per heavy atom. The number of ether oxygens (including phenoxy) is 3. The minimum absolute atomic E-state index is 0.0355. The molecule has 1 unspecified atom stereocenters. The van der Waals surface area contributed by atoms with Crippen LogP contribution in [0.15, 0.2) is 47.4 Å². The molecule has 0 radical (unpaired) electrons. The van der Waals surface area contributed by atoms with Crippen LogP contribution in [0.4, 0.5) is 0 Å². The number of carbonyl (C=O) groups is 4. The second-order valence-electron chi connectivity index (χ2n) is 8.79. The number of nitrogens with zero attached hydrogens (tertiary/aromatic N) is 1. The van der Waals surface area contributed by atoms with Gasteiger partial charge in [-0.3, -0.25) is 33.6 Å². The van der Waals surface area contributed by atoms with Gasteiger partial charge in [0, 0.05) is 6.42 Å². The van der Waals surface area contributed by atoms with Crippen LogP contribution < -0.4 is 10.1 Å². The molecule has 1 N–H and O–H groups in total. The maximum absolute atomic E-state index is 13.0. The summed E-state index contributed by atoms with van der Waals surface area (Å²) < 4.78 is 45.6. The Morgan fingerprint density at radius 2 is 1.54 bits per heavy atom. The molecule has 13 heteroatoms. The zero-order valence-electron chi connectivity index (χ0n) is 21.2. The van der Waals surface area contributed by atoms with Gasteiger partial charge >= 0.3 is 0 Å². The minimum atomic E-state index is -3.84. The third-order valence-electron chi connectivity index (χ3n) is 6.06. The highest BCUT2D eigenvalue weighted by molar-refractivity contribution is 7.86. The molecular weight excluding hydrogens is 532 g/mol. The van der Waals surface area contributed by atoms with Crippen LogP contribution in [0, 0.1) is 6.92 Å². The van der Waals surface area contributed by atoms with Gasteiger partial charge < -0.3 is 14.2 Å². The monoisotopic (exact) mass is 560 g/mol. The van der Waals surface area contributed by atoms with Gasteiger partial charge in [-0.15, -0.1) is 0 Å². The van der Waals surface area contributed by atoms with E-state index in [1.807, 2.05) is 6.92 Å². The Labute approximate surface area is 225 Å². The molecule has 1 atom stereocenters. The van der Waals surface area contributed by atoms with Crippen LogP contribution in [0.3, 0.4) is 0 Å². The van der Waals surface area contributed by atoms with E-state index in [0.717, 1.165) is 10.5 Å². The lowest BCUT2D eigenvalue weighted by atomic mass is 10.0. The molecule has 0 bridgehead atoms. The first-order valence-electron chi connectivity index (χ1n) is 12.3. The molecule has 4 rings (SSSR count). The number of aryl methyl sites for hydroxylation is 1. The maximum atomic E-state index is 13.0. The SMILES string of the molecule is Cc1ccc(S(=O)(=O)OCCOCCOCCOc2cccc3c2C(=O)N(C2CCC(=O)NC2=O)C3=O)cc1. The Morgan fingerprint density at radius 3 is 2.23 bits per heavy atom. The third kappa shape index (κ3) is 6.68. The van der Waals surface area contributed by atoms with Gasteiger partial charge in [-0.25, -0.2) is 0 Å². The summed E-state index contributed by atoms with van der Waals surface area (Å²) in [7, 11) is -3.84. The predicted octanol–water partition coefficient (Wildman–Crippen LogP) is 1.21. The molecule has 4 amide bonds. The van der Waals surface area contributed by atoms with Crippen molar-refractivity contribution in [3.8, 4) is 5.75 Å². The number of piperidine rings is 1. The molecule has 0 aliphatic carbocycles. The van der Waals surface area contributed by atoms with Gasteiger partial charge in [0.2, 0.25) is 11.8 Å². The summed E-state index contributed by atoms with van der Waals surface area (Å²) in [6.45, 7) is 2.42. The molecular formula is C26H28N2O10S. The standard InChI is InChI=1S/C26H28N2O10S/c1-17-5-7-18(8-6-17)39(33,34)38-16-14-36-12-11-35-13-15-37-21-4-2-3-19-23(21)26(32)28(25(19)31)20-9-10-22(29)27-24(20)30/h2-8,20H,9-16H2,1H3,(H,27,29,30). The molecule has 0 saturated carbocycles. The molecule has 0 aromatic heterocycles. The van der Waals surface area contributed by atoms with Crippen molar-refractivity contribution in [1.82, 2.24) is 10.2 Å². The number of fused-ring (bicyclic) bond motifs is 1. The second-order valence-corrected chi connectivity index (χ2v) is 10.4. The largest absolute Gasteiger partial charge is 0.490 e. The van der Waals surface area contributed by atoms with E-state index in [4.69, 9.17) is 18.4 Å². The van der Waals surface area contributed by atoms with E-state index < -0.39 is 39.8 Å². The van der Waals surface area contributed by atoms with Crippen molar-refractivity contribution >= 4 is 33.7 Å². The number of carbonyl (C=O) groups excluding carboxylic acids is 4.